The van der Waals surface area contributed by atoms with Crippen LogP contribution in [0, 0.1) is 0 Å². The molecule has 0 N–H and O–H groups in total. The van der Waals surface area contributed by atoms with Crippen LogP contribution in [0.25, 0.3) is 181 Å². The van der Waals surface area contributed by atoms with Crippen molar-refractivity contribution in [3.63, 3.8) is 0 Å². The average Bonchev–Trinajstić information content (AvgIpc) is 0.811. The zero-order valence-electron chi connectivity index (χ0n) is 75.9. The number of fused-ring (bicyclic) bond motifs is 7. The summed E-state index contributed by atoms with van der Waals surface area (Å²) in [6.45, 7) is 28.0. The third kappa shape index (κ3) is 12.7. The monoisotopic (exact) mass is 1670 g/mol. The van der Waals surface area contributed by atoms with E-state index < -0.39 is 0 Å². The fourth-order valence-corrected chi connectivity index (χ4v) is 21.9. The summed E-state index contributed by atoms with van der Waals surface area (Å²) in [6, 6.07) is 151. The Morgan fingerprint density at radius 2 is 0.492 bits per heavy atom. The summed E-state index contributed by atoms with van der Waals surface area (Å²) < 4.78 is 2.59. The second-order valence-corrected chi connectivity index (χ2v) is 40.8. The topological polar surface area (TPSA) is 11.4 Å². The summed E-state index contributed by atoms with van der Waals surface area (Å²) in [5, 5.41) is 17.7. The first-order valence-electron chi connectivity index (χ1n) is 46.3. The van der Waals surface area contributed by atoms with E-state index >= 15 is 0 Å². The maximum Gasteiger partial charge on any atom is 0.252 e. The molecule has 0 aliphatic carbocycles. The Hall–Kier alpha value is -14.8. The van der Waals surface area contributed by atoms with E-state index in [9.17, 15) is 0 Å². The number of anilines is 6. The van der Waals surface area contributed by atoms with E-state index in [2.05, 4.69) is 486 Å². The fourth-order valence-electron chi connectivity index (χ4n) is 21.9. The van der Waals surface area contributed by atoms with Gasteiger partial charge in [-0.1, -0.05) is 386 Å². The van der Waals surface area contributed by atoms with Gasteiger partial charge in [0, 0.05) is 55.8 Å². The highest BCUT2D eigenvalue weighted by molar-refractivity contribution is 7.00. The third-order valence-corrected chi connectivity index (χ3v) is 28.5. The van der Waals surface area contributed by atoms with Crippen LogP contribution in [0.3, 0.4) is 0 Å². The Morgan fingerprint density at radius 1 is 0.200 bits per heavy atom. The van der Waals surface area contributed by atoms with E-state index in [0.29, 0.717) is 0 Å². The first-order valence-corrected chi connectivity index (χ1v) is 46.3. The molecule has 21 aromatic carbocycles. The molecule has 3 nitrogen and oxygen atoms in total. The highest BCUT2D eigenvalue weighted by Gasteiger charge is 2.47. The van der Waals surface area contributed by atoms with E-state index in [1.165, 1.54) is 125 Å². The molecule has 2 aliphatic rings. The van der Waals surface area contributed by atoms with Gasteiger partial charge in [0.25, 0.3) is 6.71 Å². The lowest BCUT2D eigenvalue weighted by Gasteiger charge is -2.46. The second kappa shape index (κ2) is 29.4. The van der Waals surface area contributed by atoms with E-state index in [1.54, 1.807) is 0 Å². The molecule has 0 saturated carbocycles. The standard InChI is InChI=1S/C126H100BN3/c1-123(2,3)93-59-85-51-53-87-61-95(125(7,8)9)73-106-100(69-91(63-93)116(85)118(87)106)83-55-57-108-112(71-83)129(121-102(79-39-23-15-24-40-79)65-89(77-35-19-13-20-36-77)66-103(121)80-41-25-16-26-42-80)114-75-97(128-110-49-33-31-47-98(110)99-48-32-34-50-111(99)128)76-115-120(114)127(108)109-58-56-84(101-70-92-64-94(124(4,5)6)60-86-52-54-88-62-96(126(10,11)12)74-107(101)119(88)117(86)92)72-113(109)130(115)122-104(81-43-27-17-28-44-81)67-90(78-37-21-14-22-38-78)68-105(122)82-45-29-18-30-46-82/h13-76H,1-12H3. The predicted octanol–water partition coefficient (Wildman–Crippen LogP) is 33.2. The summed E-state index contributed by atoms with van der Waals surface area (Å²) in [5.41, 5.74) is 36.4. The van der Waals surface area contributed by atoms with Gasteiger partial charge in [-0.05, 0) is 277 Å². The minimum atomic E-state index is -0.356. The van der Waals surface area contributed by atoms with Gasteiger partial charge in [-0.2, -0.15) is 0 Å². The summed E-state index contributed by atoms with van der Waals surface area (Å²) in [6.07, 6.45) is 0. The summed E-state index contributed by atoms with van der Waals surface area (Å²) in [4.78, 5) is 5.55. The van der Waals surface area contributed by atoms with E-state index in [4.69, 9.17) is 0 Å². The van der Waals surface area contributed by atoms with Crippen molar-refractivity contribution in [1.82, 2.24) is 4.57 Å². The lowest BCUT2D eigenvalue weighted by molar-refractivity contribution is 0.591. The molecule has 1 aromatic heterocycles. The molecule has 4 heteroatoms. The van der Waals surface area contributed by atoms with Gasteiger partial charge in [-0.15, -0.1) is 0 Å². The van der Waals surface area contributed by atoms with Gasteiger partial charge < -0.3 is 14.4 Å². The van der Waals surface area contributed by atoms with Crippen molar-refractivity contribution in [2.24, 2.45) is 0 Å². The summed E-state index contributed by atoms with van der Waals surface area (Å²) in [7, 11) is 0. The molecular formula is C126H100BN3. The summed E-state index contributed by atoms with van der Waals surface area (Å²) >= 11 is 0. The first-order chi connectivity index (χ1) is 63.0. The molecule has 3 heterocycles. The lowest BCUT2D eigenvalue weighted by Crippen LogP contribution is -2.61. The zero-order chi connectivity index (χ0) is 88.1. The van der Waals surface area contributed by atoms with Crippen molar-refractivity contribution in [3.8, 4) is 94.7 Å². The largest absolute Gasteiger partial charge is 0.310 e. The Morgan fingerprint density at radius 3 is 0.823 bits per heavy atom. The molecule has 0 radical (unpaired) electrons. The molecule has 130 heavy (non-hydrogen) atoms. The maximum atomic E-state index is 2.78. The van der Waals surface area contributed by atoms with Crippen LogP contribution in [0.1, 0.15) is 105 Å². The molecule has 622 valence electrons. The van der Waals surface area contributed by atoms with Crippen molar-refractivity contribution < 1.29 is 0 Å². The predicted molar refractivity (Wildman–Crippen MR) is 560 cm³/mol. The van der Waals surface area contributed by atoms with Gasteiger partial charge in [0.2, 0.25) is 0 Å². The van der Waals surface area contributed by atoms with Crippen LogP contribution in [-0.4, -0.2) is 11.3 Å². The molecule has 0 saturated heterocycles. The van der Waals surface area contributed by atoms with Gasteiger partial charge in [-0.25, -0.2) is 0 Å². The van der Waals surface area contributed by atoms with Gasteiger partial charge in [0.15, 0.2) is 0 Å². The number of aromatic nitrogens is 1. The van der Waals surface area contributed by atoms with Gasteiger partial charge >= 0.3 is 0 Å². The number of rotatable bonds is 11. The molecule has 0 unspecified atom stereocenters. The number of hydrogen-bond donors (Lipinski definition) is 0. The molecule has 0 fully saturated rings. The third-order valence-electron chi connectivity index (χ3n) is 28.5. The average molecular weight is 1670 g/mol. The molecule has 0 bridgehead atoms. The normalized spacial score (nSPS) is 13.0. The Labute approximate surface area is 762 Å². The molecule has 22 aromatic rings. The van der Waals surface area contributed by atoms with Crippen molar-refractivity contribution in [2.75, 3.05) is 9.80 Å². The number of nitrogens with zero attached hydrogens (tertiary/aromatic N) is 3. The molecule has 24 rings (SSSR count). The minimum Gasteiger partial charge on any atom is -0.310 e. The number of benzene rings is 21. The highest BCUT2D eigenvalue weighted by Crippen LogP contribution is 2.58. The molecule has 0 atom stereocenters. The Kier molecular flexibility index (Phi) is 17.8. The Bertz CT molecular complexity index is 7740. The van der Waals surface area contributed by atoms with Crippen LogP contribution in [0.4, 0.5) is 34.1 Å². The van der Waals surface area contributed by atoms with Crippen molar-refractivity contribution in [2.45, 2.75) is 105 Å². The second-order valence-electron chi connectivity index (χ2n) is 40.8. The van der Waals surface area contributed by atoms with Gasteiger partial charge in [-0.3, -0.25) is 0 Å². The molecule has 2 aliphatic heterocycles. The van der Waals surface area contributed by atoms with Crippen LogP contribution in [-0.2, 0) is 21.7 Å². The van der Waals surface area contributed by atoms with Crippen LogP contribution < -0.4 is 26.2 Å². The van der Waals surface area contributed by atoms with E-state index in [1.807, 2.05) is 0 Å². The quantitative estimate of drug-likeness (QED) is 0.0944. The number of para-hydroxylation sites is 2. The summed E-state index contributed by atoms with van der Waals surface area (Å²) in [5.74, 6) is 0. The van der Waals surface area contributed by atoms with Crippen LogP contribution in [0.5, 0.6) is 0 Å². The highest BCUT2D eigenvalue weighted by atomic mass is 15.2. The van der Waals surface area contributed by atoms with E-state index in [0.717, 1.165) is 129 Å². The minimum absolute atomic E-state index is 0.110. The van der Waals surface area contributed by atoms with E-state index in [-0.39, 0.29) is 28.4 Å². The smallest absolute Gasteiger partial charge is 0.252 e. The zero-order valence-corrected chi connectivity index (χ0v) is 75.9. The number of hydrogen-bond acceptors (Lipinski definition) is 2. The first kappa shape index (κ1) is 78.6. The van der Waals surface area contributed by atoms with Crippen LogP contribution in [0.2, 0.25) is 0 Å². The van der Waals surface area contributed by atoms with Crippen molar-refractivity contribution >= 4 is 144 Å². The lowest BCUT2D eigenvalue weighted by atomic mass is 9.33. The van der Waals surface area contributed by atoms with Crippen LogP contribution in [0.15, 0.2) is 388 Å². The SMILES string of the molecule is CC(C)(C)c1cc2ccc3cc(C(C)(C)C)cc4c(-c5ccc6c(c5)N(c5c(-c7ccccc7)cc(-c7ccccc7)cc5-c5ccccc5)c5cc(-n7c8ccccc8c8ccccc87)cc7c5B6c5ccc(-c6cc8cc(C(C)(C)C)cc9ccc%10cc(C(C)(C)C)cc6c%10c98)cc5N7c5c(-c6ccccc6)cc(-c6ccccc6)cc5-c5ccccc5)cc(c1)c2c34. The molecule has 0 amide bonds. The maximum absolute atomic E-state index is 2.78. The van der Waals surface area contributed by atoms with Gasteiger partial charge in [0.1, 0.15) is 0 Å². The van der Waals surface area contributed by atoms with Crippen LogP contribution >= 0.6 is 0 Å². The fraction of sp³-hybridized carbons (Fsp3) is 0.127. The molecule has 0 spiro atoms. The van der Waals surface area contributed by atoms with Crippen molar-refractivity contribution in [1.29, 1.82) is 0 Å². The van der Waals surface area contributed by atoms with Gasteiger partial charge in [0.05, 0.1) is 28.1 Å². The molecular weight excluding hydrogens is 1570 g/mol. The van der Waals surface area contributed by atoms with Crippen molar-refractivity contribution in [3.05, 3.63) is 411 Å². The Balaban J connectivity index is 0.909.